The van der Waals surface area contributed by atoms with Crippen molar-refractivity contribution in [3.8, 4) is 33.9 Å². The lowest BCUT2D eigenvalue weighted by Crippen LogP contribution is -2.19. The molecule has 4 heterocycles. The van der Waals surface area contributed by atoms with Crippen molar-refractivity contribution in [3.63, 3.8) is 0 Å². The fourth-order valence-electron chi connectivity index (χ4n) is 8.34. The molecule has 0 spiro atoms. The van der Waals surface area contributed by atoms with Crippen LogP contribution in [0.4, 0.5) is 17.3 Å². The fourth-order valence-corrected chi connectivity index (χ4v) is 9.55. The van der Waals surface area contributed by atoms with E-state index in [4.69, 9.17) is 19.4 Å². The van der Waals surface area contributed by atoms with Crippen molar-refractivity contribution in [2.45, 2.75) is 0 Å². The number of furan rings is 1. The third-order valence-electron chi connectivity index (χ3n) is 10.7. The molecule has 11 aromatic rings. The van der Waals surface area contributed by atoms with Crippen molar-refractivity contribution in [3.05, 3.63) is 158 Å². The standard InChI is InChI=1S/C47H26N4OS/c1-2-14-29-27(11-1)25-26-38-42(29)34-19-7-12-28-13-8-22-37(41(28)34)51(38)47-49-45(35-20-9-17-32-30-15-3-5-23-39(30)52-43(32)35)48-46(50-47)36-21-10-18-33-31-16-4-6-24-40(31)53-44(33)36/h1-26H. The van der Waals surface area contributed by atoms with Gasteiger partial charge in [-0.1, -0.05) is 121 Å². The molecule has 0 bridgehead atoms. The summed E-state index contributed by atoms with van der Waals surface area (Å²) in [5.41, 5.74) is 7.82. The van der Waals surface area contributed by atoms with Crippen LogP contribution in [-0.4, -0.2) is 15.0 Å². The van der Waals surface area contributed by atoms with Gasteiger partial charge in [-0.2, -0.15) is 9.97 Å². The summed E-state index contributed by atoms with van der Waals surface area (Å²) < 4.78 is 8.95. The first-order valence-electron chi connectivity index (χ1n) is 17.7. The Balaban J connectivity index is 1.20. The van der Waals surface area contributed by atoms with E-state index < -0.39 is 0 Å². The van der Waals surface area contributed by atoms with Crippen LogP contribution in [0.25, 0.3) is 97.6 Å². The minimum absolute atomic E-state index is 0.551. The Morgan fingerprint density at radius 1 is 0.453 bits per heavy atom. The van der Waals surface area contributed by atoms with Gasteiger partial charge in [0.25, 0.3) is 0 Å². The van der Waals surface area contributed by atoms with Crippen LogP contribution >= 0.6 is 11.3 Å². The highest BCUT2D eigenvalue weighted by molar-refractivity contribution is 7.26. The normalized spacial score (nSPS) is 12.5. The van der Waals surface area contributed by atoms with E-state index in [0.717, 1.165) is 49.1 Å². The number of anilines is 3. The van der Waals surface area contributed by atoms with Crippen LogP contribution in [0.5, 0.6) is 0 Å². The van der Waals surface area contributed by atoms with Crippen molar-refractivity contribution in [1.29, 1.82) is 0 Å². The lowest BCUT2D eigenvalue weighted by atomic mass is 9.88. The van der Waals surface area contributed by atoms with Gasteiger partial charge >= 0.3 is 0 Å². The molecule has 8 aromatic carbocycles. The number of benzene rings is 8. The molecular weight excluding hydrogens is 669 g/mol. The maximum atomic E-state index is 6.56. The number of hydrogen-bond donors (Lipinski definition) is 0. The molecule has 246 valence electrons. The minimum atomic E-state index is 0.551. The molecule has 6 heteroatoms. The summed E-state index contributed by atoms with van der Waals surface area (Å²) in [6, 6.07) is 55.5. The van der Waals surface area contributed by atoms with Crippen LogP contribution in [0.1, 0.15) is 0 Å². The molecular formula is C47H26N4OS. The van der Waals surface area contributed by atoms with Crippen LogP contribution in [0, 0.1) is 0 Å². The number of rotatable bonds is 3. The zero-order valence-electron chi connectivity index (χ0n) is 28.1. The molecule has 0 saturated heterocycles. The van der Waals surface area contributed by atoms with E-state index in [1.54, 1.807) is 11.3 Å². The highest BCUT2D eigenvalue weighted by Crippen LogP contribution is 2.53. The predicted octanol–water partition coefficient (Wildman–Crippen LogP) is 13.2. The average Bonchev–Trinajstić information content (AvgIpc) is 3.79. The van der Waals surface area contributed by atoms with Gasteiger partial charge in [0.1, 0.15) is 11.2 Å². The third-order valence-corrected chi connectivity index (χ3v) is 11.9. The lowest BCUT2D eigenvalue weighted by molar-refractivity contribution is 0.669. The summed E-state index contributed by atoms with van der Waals surface area (Å²) >= 11 is 1.78. The predicted molar refractivity (Wildman–Crippen MR) is 220 cm³/mol. The fraction of sp³-hybridized carbons (Fsp3) is 0. The zero-order valence-corrected chi connectivity index (χ0v) is 28.9. The lowest BCUT2D eigenvalue weighted by Gasteiger charge is -2.32. The van der Waals surface area contributed by atoms with Gasteiger partial charge in [-0.05, 0) is 58.1 Å². The largest absolute Gasteiger partial charge is 0.455 e. The van der Waals surface area contributed by atoms with Gasteiger partial charge in [-0.3, -0.25) is 4.90 Å². The molecule has 12 rings (SSSR count). The van der Waals surface area contributed by atoms with Crippen molar-refractivity contribution in [2.75, 3.05) is 4.90 Å². The van der Waals surface area contributed by atoms with Crippen molar-refractivity contribution < 1.29 is 4.42 Å². The van der Waals surface area contributed by atoms with Gasteiger partial charge in [0.2, 0.25) is 5.95 Å². The SMILES string of the molecule is c1ccc2c3c(ccc2c1)N(c1nc(-c2cccc4c2oc2ccccc24)nc(-c2cccc4c2sc2ccccc24)n1)c1cccc2cccc-3c12. The number of thiophene rings is 1. The summed E-state index contributed by atoms with van der Waals surface area (Å²) in [6.45, 7) is 0. The number of aromatic nitrogens is 3. The summed E-state index contributed by atoms with van der Waals surface area (Å²) in [4.78, 5) is 18.3. The second-order valence-corrected chi connectivity index (χ2v) is 14.6. The zero-order chi connectivity index (χ0) is 34.6. The van der Waals surface area contributed by atoms with Gasteiger partial charge in [-0.25, -0.2) is 4.98 Å². The highest BCUT2D eigenvalue weighted by atomic mass is 32.1. The van der Waals surface area contributed by atoms with E-state index in [2.05, 4.69) is 144 Å². The molecule has 1 aliphatic rings. The van der Waals surface area contributed by atoms with Crippen molar-refractivity contribution in [2.24, 2.45) is 0 Å². The van der Waals surface area contributed by atoms with Gasteiger partial charge in [0, 0.05) is 47.5 Å². The van der Waals surface area contributed by atoms with Crippen molar-refractivity contribution in [1.82, 2.24) is 15.0 Å². The van der Waals surface area contributed by atoms with Gasteiger partial charge in [0.05, 0.1) is 16.9 Å². The summed E-state index contributed by atoms with van der Waals surface area (Å²) in [5, 5.41) is 9.24. The summed E-state index contributed by atoms with van der Waals surface area (Å²) in [5.74, 6) is 1.72. The van der Waals surface area contributed by atoms with E-state index in [1.165, 1.54) is 48.1 Å². The third kappa shape index (κ3) is 4.09. The first-order chi connectivity index (χ1) is 26.3. The van der Waals surface area contributed by atoms with E-state index in [1.807, 2.05) is 18.2 Å². The topological polar surface area (TPSA) is 55.1 Å². The molecule has 5 nitrogen and oxygen atoms in total. The number of fused-ring (bicyclic) bond motifs is 10. The molecule has 0 fully saturated rings. The Morgan fingerprint density at radius 3 is 2.02 bits per heavy atom. The summed E-state index contributed by atoms with van der Waals surface area (Å²) in [7, 11) is 0. The van der Waals surface area contributed by atoms with E-state index in [-0.39, 0.29) is 0 Å². The number of hydrogen-bond acceptors (Lipinski definition) is 6. The maximum absolute atomic E-state index is 6.56. The van der Waals surface area contributed by atoms with E-state index in [0.29, 0.717) is 17.6 Å². The first kappa shape index (κ1) is 28.8. The van der Waals surface area contributed by atoms with E-state index >= 15 is 0 Å². The molecule has 0 amide bonds. The van der Waals surface area contributed by atoms with Gasteiger partial charge in [-0.15, -0.1) is 11.3 Å². The van der Waals surface area contributed by atoms with Crippen LogP contribution < -0.4 is 4.90 Å². The minimum Gasteiger partial charge on any atom is -0.455 e. The van der Waals surface area contributed by atoms with Crippen LogP contribution in [0.3, 0.4) is 0 Å². The smallest absolute Gasteiger partial charge is 0.238 e. The Bertz CT molecular complexity index is 3190. The average molecular weight is 695 g/mol. The van der Waals surface area contributed by atoms with Gasteiger partial charge in [0.15, 0.2) is 11.6 Å². The molecule has 53 heavy (non-hydrogen) atoms. The molecule has 1 aliphatic heterocycles. The van der Waals surface area contributed by atoms with Gasteiger partial charge < -0.3 is 4.42 Å². The number of nitrogens with zero attached hydrogens (tertiary/aromatic N) is 4. The Kier molecular flexibility index (Phi) is 5.87. The van der Waals surface area contributed by atoms with Crippen LogP contribution in [-0.2, 0) is 0 Å². The molecule has 0 N–H and O–H groups in total. The van der Waals surface area contributed by atoms with Crippen LogP contribution in [0.15, 0.2) is 162 Å². The summed E-state index contributed by atoms with van der Waals surface area (Å²) in [6.07, 6.45) is 0. The van der Waals surface area contributed by atoms with Crippen LogP contribution in [0.2, 0.25) is 0 Å². The molecule has 0 unspecified atom stereocenters. The molecule has 0 saturated carbocycles. The second-order valence-electron chi connectivity index (χ2n) is 13.5. The highest BCUT2D eigenvalue weighted by Gasteiger charge is 2.30. The molecule has 0 radical (unpaired) electrons. The quantitative estimate of drug-likeness (QED) is 0.184. The monoisotopic (exact) mass is 694 g/mol. The number of para-hydroxylation sites is 2. The van der Waals surface area contributed by atoms with E-state index in [9.17, 15) is 0 Å². The maximum Gasteiger partial charge on any atom is 0.238 e. The molecule has 0 atom stereocenters. The Morgan fingerprint density at radius 2 is 1.11 bits per heavy atom. The first-order valence-corrected chi connectivity index (χ1v) is 18.5. The molecule has 3 aromatic heterocycles. The Labute approximate surface area is 307 Å². The Hall–Kier alpha value is -6.89. The van der Waals surface area contributed by atoms with Crippen molar-refractivity contribution >= 4 is 92.3 Å². The second kappa shape index (κ2) is 10.8. The molecule has 0 aliphatic carbocycles.